The fraction of sp³-hybridized carbons (Fsp3) is 0.111. The first-order valence-electron chi connectivity index (χ1n) is 7.28. The van der Waals surface area contributed by atoms with Crippen LogP contribution in [0.25, 0.3) is 22.5 Å². The van der Waals surface area contributed by atoms with Crippen molar-refractivity contribution in [3.8, 4) is 22.5 Å². The largest absolute Gasteiger partial charge is 0.355 e. The molecule has 2 heterocycles. The number of nitrogens with one attached hydrogen (secondary N) is 1. The van der Waals surface area contributed by atoms with Gasteiger partial charge in [0.05, 0.1) is 21.3 Å². The van der Waals surface area contributed by atoms with Gasteiger partial charge in [-0.2, -0.15) is 0 Å². The lowest BCUT2D eigenvalue weighted by molar-refractivity contribution is 0.427. The Morgan fingerprint density at radius 1 is 1.25 bits per heavy atom. The molecule has 0 saturated heterocycles. The maximum Gasteiger partial charge on any atom is 0.176 e. The van der Waals surface area contributed by atoms with E-state index in [0.29, 0.717) is 15.8 Å². The van der Waals surface area contributed by atoms with Crippen LogP contribution in [0.3, 0.4) is 0 Å². The monoisotopic (exact) mass is 359 g/mol. The molecule has 24 heavy (non-hydrogen) atoms. The average Bonchev–Trinajstić information content (AvgIpc) is 3.11. The normalized spacial score (nSPS) is 11.3. The van der Waals surface area contributed by atoms with Crippen LogP contribution >= 0.6 is 23.2 Å². The van der Waals surface area contributed by atoms with Gasteiger partial charge in [0, 0.05) is 29.1 Å². The van der Waals surface area contributed by atoms with E-state index in [1.165, 1.54) is 0 Å². The lowest BCUT2D eigenvalue weighted by Gasteiger charge is -2.06. The summed E-state index contributed by atoms with van der Waals surface area (Å²) in [7, 11) is 0. The molecule has 0 aliphatic rings. The van der Waals surface area contributed by atoms with Crippen molar-refractivity contribution in [2.75, 3.05) is 0 Å². The number of hydrogen-bond donors (Lipinski definition) is 1. The van der Waals surface area contributed by atoms with Crippen molar-refractivity contribution in [3.63, 3.8) is 0 Å². The van der Waals surface area contributed by atoms with Gasteiger partial charge in [0.25, 0.3) is 0 Å². The predicted molar refractivity (Wildman–Crippen MR) is 99.6 cm³/mol. The third-order valence-corrected chi connectivity index (χ3v) is 4.57. The fourth-order valence-corrected chi connectivity index (χ4v) is 2.94. The second kappa shape index (κ2) is 6.67. The van der Waals surface area contributed by atoms with Crippen LogP contribution in [0, 0.1) is 13.8 Å². The Morgan fingerprint density at radius 3 is 2.79 bits per heavy atom. The molecule has 0 spiro atoms. The zero-order chi connectivity index (χ0) is 17.3. The number of nitrogens with zero attached hydrogens (tertiary/aromatic N) is 2. The van der Waals surface area contributed by atoms with Crippen molar-refractivity contribution in [2.24, 2.45) is 4.99 Å². The number of aliphatic imine (C=N–C) groups is 1. The molecular weight excluding hydrogens is 345 g/mol. The first kappa shape index (κ1) is 16.6. The molecule has 1 aromatic carbocycles. The SMILES string of the molecule is C=C/C=N\c1[nH]cc(-c2onc(C)c2-c2cccc(Cl)c2Cl)c1C. The highest BCUT2D eigenvalue weighted by Crippen LogP contribution is 2.42. The molecule has 0 amide bonds. The van der Waals surface area contributed by atoms with E-state index < -0.39 is 0 Å². The summed E-state index contributed by atoms with van der Waals surface area (Å²) in [5.74, 6) is 1.37. The van der Waals surface area contributed by atoms with Crippen molar-refractivity contribution in [1.29, 1.82) is 0 Å². The minimum absolute atomic E-state index is 0.477. The van der Waals surface area contributed by atoms with E-state index in [0.717, 1.165) is 33.8 Å². The summed E-state index contributed by atoms with van der Waals surface area (Å²) in [6.45, 7) is 7.46. The standard InChI is InChI=1S/C18H15Cl2N3O/c1-4-8-21-18-10(2)13(9-22-18)17-15(11(3)23-24-17)12-6-5-7-14(19)16(12)20/h4-9,22H,1H2,2-3H3/b21-8-. The van der Waals surface area contributed by atoms with Gasteiger partial charge in [-0.1, -0.05) is 53.1 Å². The van der Waals surface area contributed by atoms with Gasteiger partial charge in [0.15, 0.2) is 5.76 Å². The molecule has 6 heteroatoms. The van der Waals surface area contributed by atoms with Crippen LogP contribution in [-0.2, 0) is 0 Å². The molecule has 0 radical (unpaired) electrons. The van der Waals surface area contributed by atoms with Crippen LogP contribution in [-0.4, -0.2) is 16.4 Å². The van der Waals surface area contributed by atoms with Gasteiger partial charge in [0.1, 0.15) is 5.82 Å². The van der Waals surface area contributed by atoms with Crippen LogP contribution < -0.4 is 0 Å². The van der Waals surface area contributed by atoms with E-state index in [4.69, 9.17) is 27.7 Å². The number of rotatable bonds is 4. The van der Waals surface area contributed by atoms with Gasteiger partial charge in [0.2, 0.25) is 0 Å². The van der Waals surface area contributed by atoms with Crippen LogP contribution in [0.2, 0.25) is 10.0 Å². The number of H-pyrrole nitrogens is 1. The van der Waals surface area contributed by atoms with E-state index in [2.05, 4.69) is 21.7 Å². The van der Waals surface area contributed by atoms with E-state index >= 15 is 0 Å². The van der Waals surface area contributed by atoms with Crippen molar-refractivity contribution < 1.29 is 4.52 Å². The van der Waals surface area contributed by atoms with Crippen molar-refractivity contribution in [3.05, 3.63) is 58.4 Å². The Morgan fingerprint density at radius 2 is 2.04 bits per heavy atom. The Labute approximate surface area is 149 Å². The molecule has 3 rings (SSSR count). The first-order valence-corrected chi connectivity index (χ1v) is 8.04. The Balaban J connectivity index is 2.19. The van der Waals surface area contributed by atoms with E-state index in [1.807, 2.05) is 32.2 Å². The Kier molecular flexibility index (Phi) is 4.60. The second-order valence-electron chi connectivity index (χ2n) is 5.26. The number of aromatic amines is 1. The van der Waals surface area contributed by atoms with Crippen LogP contribution in [0.15, 0.2) is 46.6 Å². The summed E-state index contributed by atoms with van der Waals surface area (Å²) in [5, 5.41) is 5.07. The zero-order valence-electron chi connectivity index (χ0n) is 13.2. The molecule has 0 bridgehead atoms. The van der Waals surface area contributed by atoms with Crippen LogP contribution in [0.1, 0.15) is 11.3 Å². The lowest BCUT2D eigenvalue weighted by Crippen LogP contribution is -1.85. The predicted octanol–water partition coefficient (Wildman–Crippen LogP) is 6.15. The van der Waals surface area contributed by atoms with Gasteiger partial charge < -0.3 is 9.51 Å². The van der Waals surface area contributed by atoms with Gasteiger partial charge >= 0.3 is 0 Å². The third kappa shape index (κ3) is 2.79. The van der Waals surface area contributed by atoms with E-state index in [-0.39, 0.29) is 0 Å². The molecule has 3 aromatic rings. The number of allylic oxidation sites excluding steroid dienone is 1. The summed E-state index contributed by atoms with van der Waals surface area (Å²) >= 11 is 12.5. The number of aromatic nitrogens is 2. The molecule has 0 aliphatic carbocycles. The fourth-order valence-electron chi connectivity index (χ4n) is 2.55. The summed E-state index contributed by atoms with van der Waals surface area (Å²) in [6.07, 6.45) is 5.09. The van der Waals surface area contributed by atoms with Crippen molar-refractivity contribution >= 4 is 35.2 Å². The molecule has 0 saturated carbocycles. The minimum atomic E-state index is 0.477. The average molecular weight is 360 g/mol. The highest BCUT2D eigenvalue weighted by Gasteiger charge is 2.22. The molecule has 0 atom stereocenters. The molecule has 0 aliphatic heterocycles. The van der Waals surface area contributed by atoms with Crippen LogP contribution in [0.5, 0.6) is 0 Å². The molecule has 4 nitrogen and oxygen atoms in total. The van der Waals surface area contributed by atoms with Gasteiger partial charge in [-0.25, -0.2) is 4.99 Å². The number of benzene rings is 1. The topological polar surface area (TPSA) is 54.2 Å². The highest BCUT2D eigenvalue weighted by molar-refractivity contribution is 6.43. The molecule has 1 N–H and O–H groups in total. The minimum Gasteiger partial charge on any atom is -0.355 e. The number of aryl methyl sites for hydroxylation is 1. The van der Waals surface area contributed by atoms with E-state index in [9.17, 15) is 0 Å². The second-order valence-corrected chi connectivity index (χ2v) is 6.05. The number of hydrogen-bond acceptors (Lipinski definition) is 3. The van der Waals surface area contributed by atoms with Crippen LogP contribution in [0.4, 0.5) is 5.82 Å². The Hall–Kier alpha value is -2.30. The smallest absolute Gasteiger partial charge is 0.176 e. The molecule has 0 unspecified atom stereocenters. The molecular formula is C18H15Cl2N3O. The Bertz CT molecular complexity index is 938. The zero-order valence-corrected chi connectivity index (χ0v) is 14.7. The molecule has 122 valence electrons. The summed E-state index contributed by atoms with van der Waals surface area (Å²) in [6, 6.07) is 5.50. The first-order chi connectivity index (χ1) is 11.5. The highest BCUT2D eigenvalue weighted by atomic mass is 35.5. The molecule has 2 aromatic heterocycles. The third-order valence-electron chi connectivity index (χ3n) is 3.75. The van der Waals surface area contributed by atoms with E-state index in [1.54, 1.807) is 18.4 Å². The summed E-state index contributed by atoms with van der Waals surface area (Å²) in [5.41, 5.74) is 4.17. The lowest BCUT2D eigenvalue weighted by atomic mass is 9.99. The molecule has 0 fully saturated rings. The quantitative estimate of drug-likeness (QED) is 0.568. The summed E-state index contributed by atoms with van der Waals surface area (Å²) < 4.78 is 5.59. The number of halogens is 2. The van der Waals surface area contributed by atoms with Crippen molar-refractivity contribution in [2.45, 2.75) is 13.8 Å². The van der Waals surface area contributed by atoms with Crippen molar-refractivity contribution in [1.82, 2.24) is 10.1 Å². The van der Waals surface area contributed by atoms with Gasteiger partial charge in [-0.05, 0) is 19.9 Å². The van der Waals surface area contributed by atoms with Gasteiger partial charge in [-0.3, -0.25) is 0 Å². The summed E-state index contributed by atoms with van der Waals surface area (Å²) in [4.78, 5) is 7.43. The maximum atomic E-state index is 6.39. The maximum absolute atomic E-state index is 6.39. The van der Waals surface area contributed by atoms with Gasteiger partial charge in [-0.15, -0.1) is 0 Å².